The summed E-state index contributed by atoms with van der Waals surface area (Å²) < 4.78 is 39.2. The quantitative estimate of drug-likeness (QED) is 0.727. The van der Waals surface area contributed by atoms with Crippen molar-refractivity contribution in [3.63, 3.8) is 0 Å². The monoisotopic (exact) mass is 314 g/mol. The van der Waals surface area contributed by atoms with Gasteiger partial charge in [0, 0.05) is 4.47 Å². The molecule has 0 aliphatic rings. The van der Waals surface area contributed by atoms with Gasteiger partial charge < -0.3 is 0 Å². The van der Waals surface area contributed by atoms with E-state index in [0.29, 0.717) is 4.47 Å². The lowest BCUT2D eigenvalue weighted by molar-refractivity contribution is -0.138. The molecule has 0 bridgehead atoms. The number of rotatable bonds is 2. The lowest BCUT2D eigenvalue weighted by Crippen LogP contribution is -2.10. The smallest absolute Gasteiger partial charge is 0.166 e. The highest BCUT2D eigenvalue weighted by atomic mass is 79.9. The average molecular weight is 315 g/mol. The average Bonchev–Trinajstić information content (AvgIpc) is 2.32. The lowest BCUT2D eigenvalue weighted by Gasteiger charge is -2.14. The molecule has 0 N–H and O–H groups in total. The van der Waals surface area contributed by atoms with Crippen LogP contribution in [0.3, 0.4) is 0 Å². The van der Waals surface area contributed by atoms with E-state index in [1.54, 1.807) is 6.07 Å². The van der Waals surface area contributed by atoms with Crippen molar-refractivity contribution in [2.75, 3.05) is 0 Å². The largest absolute Gasteiger partial charge is 0.416 e. The van der Waals surface area contributed by atoms with Gasteiger partial charge in [-0.15, -0.1) is 0 Å². The second-order valence-electron chi connectivity index (χ2n) is 3.93. The van der Waals surface area contributed by atoms with E-state index in [2.05, 4.69) is 15.9 Å². The van der Waals surface area contributed by atoms with Gasteiger partial charge in [-0.2, -0.15) is 13.2 Å². The molecule has 0 radical (unpaired) electrons. The van der Waals surface area contributed by atoms with Crippen molar-refractivity contribution in [2.45, 2.75) is 12.6 Å². The summed E-state index contributed by atoms with van der Waals surface area (Å²) in [5.41, 5.74) is 0.548. The van der Waals surface area contributed by atoms with Crippen molar-refractivity contribution in [3.05, 3.63) is 69.7 Å². The summed E-state index contributed by atoms with van der Waals surface area (Å²) in [6, 6.07) is 13.3. The highest BCUT2D eigenvalue weighted by Crippen LogP contribution is 2.36. The molecule has 0 aliphatic heterocycles. The molecule has 0 aromatic heterocycles. The molecule has 0 saturated heterocycles. The summed E-state index contributed by atoms with van der Waals surface area (Å²) in [4.78, 5) is 0. The first-order valence-electron chi connectivity index (χ1n) is 5.37. The lowest BCUT2D eigenvalue weighted by atomic mass is 9.99. The van der Waals surface area contributed by atoms with Crippen LogP contribution in [0.4, 0.5) is 13.2 Å². The van der Waals surface area contributed by atoms with Gasteiger partial charge >= 0.3 is 6.18 Å². The highest BCUT2D eigenvalue weighted by molar-refractivity contribution is 9.10. The maximum absolute atomic E-state index is 12.9. The number of halogens is 4. The van der Waals surface area contributed by atoms with Crippen LogP contribution in [-0.2, 0) is 12.6 Å². The normalized spacial score (nSPS) is 11.6. The Hall–Kier alpha value is -1.29. The Kier molecular flexibility index (Phi) is 3.76. The molecule has 2 aromatic carbocycles. The summed E-state index contributed by atoms with van der Waals surface area (Å²) in [5, 5.41) is 0. The number of alkyl halides is 3. The van der Waals surface area contributed by atoms with E-state index in [1.807, 2.05) is 30.3 Å². The molecular formula is C14H10BrF3. The van der Waals surface area contributed by atoms with Crippen LogP contribution in [0.1, 0.15) is 16.7 Å². The number of benzene rings is 2. The van der Waals surface area contributed by atoms with Crippen LogP contribution in [-0.4, -0.2) is 0 Å². The topological polar surface area (TPSA) is 0 Å². The third-order valence-corrected chi connectivity index (χ3v) is 3.39. The Morgan fingerprint density at radius 3 is 2.17 bits per heavy atom. The Morgan fingerprint density at radius 2 is 1.56 bits per heavy atom. The molecule has 0 saturated carbocycles. The number of hydrogen-bond donors (Lipinski definition) is 0. The van der Waals surface area contributed by atoms with Gasteiger partial charge in [-0.3, -0.25) is 0 Å². The van der Waals surface area contributed by atoms with Crippen LogP contribution >= 0.6 is 15.9 Å². The predicted molar refractivity (Wildman–Crippen MR) is 68.4 cm³/mol. The minimum atomic E-state index is -4.33. The van der Waals surface area contributed by atoms with Gasteiger partial charge in [-0.1, -0.05) is 52.3 Å². The second kappa shape index (κ2) is 5.14. The second-order valence-corrected chi connectivity index (χ2v) is 4.78. The van der Waals surface area contributed by atoms with Crippen molar-refractivity contribution in [3.8, 4) is 0 Å². The fourth-order valence-corrected chi connectivity index (χ4v) is 2.31. The van der Waals surface area contributed by atoms with Gasteiger partial charge in [0.05, 0.1) is 5.56 Å². The minimum Gasteiger partial charge on any atom is -0.166 e. The Labute approximate surface area is 112 Å². The Morgan fingerprint density at radius 1 is 0.889 bits per heavy atom. The van der Waals surface area contributed by atoms with Crippen LogP contribution in [0.25, 0.3) is 0 Å². The Balaban J connectivity index is 2.44. The fourth-order valence-electron chi connectivity index (χ4n) is 1.80. The molecule has 0 amide bonds. The number of hydrogen-bond acceptors (Lipinski definition) is 0. The van der Waals surface area contributed by atoms with E-state index in [1.165, 1.54) is 6.07 Å². The summed E-state index contributed by atoms with van der Waals surface area (Å²) in [5.74, 6) is 0. The van der Waals surface area contributed by atoms with Gasteiger partial charge in [0.15, 0.2) is 0 Å². The van der Waals surface area contributed by atoms with Gasteiger partial charge in [0.25, 0.3) is 0 Å². The van der Waals surface area contributed by atoms with Crippen LogP contribution in [0, 0.1) is 0 Å². The molecule has 0 spiro atoms. The third-order valence-electron chi connectivity index (χ3n) is 2.65. The van der Waals surface area contributed by atoms with E-state index < -0.39 is 11.7 Å². The zero-order chi connectivity index (χ0) is 13.2. The van der Waals surface area contributed by atoms with Crippen molar-refractivity contribution in [1.82, 2.24) is 0 Å². The standard InChI is InChI=1S/C14H10BrF3/c15-13-8-4-7-12(14(16,17)18)11(13)9-10-5-2-1-3-6-10/h1-8H,9H2. The Bertz CT molecular complexity index is 532. The molecule has 0 unspecified atom stereocenters. The molecule has 0 atom stereocenters. The first kappa shape index (κ1) is 13.1. The zero-order valence-electron chi connectivity index (χ0n) is 9.34. The predicted octanol–water partition coefficient (Wildman–Crippen LogP) is 5.06. The van der Waals surface area contributed by atoms with Gasteiger partial charge in [-0.05, 0) is 29.7 Å². The van der Waals surface area contributed by atoms with E-state index in [-0.39, 0.29) is 12.0 Å². The van der Waals surface area contributed by atoms with Crippen LogP contribution in [0.5, 0.6) is 0 Å². The van der Waals surface area contributed by atoms with Gasteiger partial charge in [-0.25, -0.2) is 0 Å². The summed E-state index contributed by atoms with van der Waals surface area (Å²) in [7, 11) is 0. The van der Waals surface area contributed by atoms with Gasteiger partial charge in [0.1, 0.15) is 0 Å². The van der Waals surface area contributed by atoms with Crippen molar-refractivity contribution in [1.29, 1.82) is 0 Å². The summed E-state index contributed by atoms with van der Waals surface area (Å²) in [6.07, 6.45) is -4.06. The van der Waals surface area contributed by atoms with Crippen LogP contribution < -0.4 is 0 Å². The van der Waals surface area contributed by atoms with Crippen LogP contribution in [0.2, 0.25) is 0 Å². The molecular weight excluding hydrogens is 305 g/mol. The molecule has 0 aliphatic carbocycles. The molecule has 0 heterocycles. The maximum Gasteiger partial charge on any atom is 0.416 e. The third kappa shape index (κ3) is 2.93. The summed E-state index contributed by atoms with van der Waals surface area (Å²) >= 11 is 3.20. The molecule has 18 heavy (non-hydrogen) atoms. The van der Waals surface area contributed by atoms with E-state index >= 15 is 0 Å². The molecule has 0 fully saturated rings. The summed E-state index contributed by atoms with van der Waals surface area (Å²) in [6.45, 7) is 0. The zero-order valence-corrected chi connectivity index (χ0v) is 10.9. The molecule has 2 aromatic rings. The van der Waals surface area contributed by atoms with E-state index in [4.69, 9.17) is 0 Å². The molecule has 4 heteroatoms. The van der Waals surface area contributed by atoms with Crippen LogP contribution in [0.15, 0.2) is 53.0 Å². The fraction of sp³-hybridized carbons (Fsp3) is 0.143. The van der Waals surface area contributed by atoms with Crippen molar-refractivity contribution < 1.29 is 13.2 Å². The highest BCUT2D eigenvalue weighted by Gasteiger charge is 2.33. The van der Waals surface area contributed by atoms with E-state index in [9.17, 15) is 13.2 Å². The molecule has 0 nitrogen and oxygen atoms in total. The van der Waals surface area contributed by atoms with Crippen molar-refractivity contribution in [2.24, 2.45) is 0 Å². The maximum atomic E-state index is 12.9. The van der Waals surface area contributed by atoms with E-state index in [0.717, 1.165) is 11.6 Å². The minimum absolute atomic E-state index is 0.261. The van der Waals surface area contributed by atoms with Crippen molar-refractivity contribution >= 4 is 15.9 Å². The first-order chi connectivity index (χ1) is 8.48. The first-order valence-corrected chi connectivity index (χ1v) is 6.16. The molecule has 2 rings (SSSR count). The van der Waals surface area contributed by atoms with Gasteiger partial charge in [0.2, 0.25) is 0 Å². The SMILES string of the molecule is FC(F)(F)c1cccc(Br)c1Cc1ccccc1. The molecule has 94 valence electrons.